The maximum absolute atomic E-state index is 11.6. The van der Waals surface area contributed by atoms with E-state index in [1.807, 2.05) is 6.92 Å². The largest absolute Gasteiger partial charge is 0.378 e. The molecule has 1 aliphatic rings. The van der Waals surface area contributed by atoms with Crippen LogP contribution in [0.3, 0.4) is 0 Å². The number of carbonyl (C=O) groups excluding carboxylic acids is 1. The zero-order valence-corrected chi connectivity index (χ0v) is 11.8. The molecule has 0 saturated heterocycles. The standard InChI is InChI=1S/C13H24ClNO2/c1-4-17-11-5-10(6-11)7-13(16)15-8-12(14)9(2)3/h9-12H,4-8H2,1-3H3,(H,15,16). The van der Waals surface area contributed by atoms with E-state index >= 15 is 0 Å². The van der Waals surface area contributed by atoms with Crippen LogP contribution in [-0.2, 0) is 9.53 Å². The Hall–Kier alpha value is -0.280. The Labute approximate surface area is 109 Å². The van der Waals surface area contributed by atoms with Crippen molar-refractivity contribution in [1.29, 1.82) is 0 Å². The molecule has 100 valence electrons. The Kier molecular flexibility index (Phi) is 6.28. The van der Waals surface area contributed by atoms with Crippen LogP contribution in [0.15, 0.2) is 0 Å². The summed E-state index contributed by atoms with van der Waals surface area (Å²) in [5.74, 6) is 1.01. The highest BCUT2D eigenvalue weighted by Crippen LogP contribution is 2.32. The van der Waals surface area contributed by atoms with E-state index in [0.29, 0.717) is 30.9 Å². The summed E-state index contributed by atoms with van der Waals surface area (Å²) in [6, 6.07) is 0. The van der Waals surface area contributed by atoms with Gasteiger partial charge >= 0.3 is 0 Å². The lowest BCUT2D eigenvalue weighted by Gasteiger charge is -2.34. The molecule has 0 heterocycles. The molecule has 1 amide bonds. The summed E-state index contributed by atoms with van der Waals surface area (Å²) in [6.07, 6.45) is 3.05. The van der Waals surface area contributed by atoms with Crippen molar-refractivity contribution < 1.29 is 9.53 Å². The number of rotatable bonds is 7. The highest BCUT2D eigenvalue weighted by Gasteiger charge is 2.31. The van der Waals surface area contributed by atoms with Crippen LogP contribution in [0.1, 0.15) is 40.0 Å². The lowest BCUT2D eigenvalue weighted by Crippen LogP contribution is -2.37. The van der Waals surface area contributed by atoms with Gasteiger partial charge in [-0.3, -0.25) is 4.79 Å². The summed E-state index contributed by atoms with van der Waals surface area (Å²) in [5.41, 5.74) is 0. The summed E-state index contributed by atoms with van der Waals surface area (Å²) in [4.78, 5) is 11.6. The summed E-state index contributed by atoms with van der Waals surface area (Å²) in [7, 11) is 0. The number of hydrogen-bond donors (Lipinski definition) is 1. The smallest absolute Gasteiger partial charge is 0.220 e. The first-order chi connectivity index (χ1) is 8.02. The van der Waals surface area contributed by atoms with E-state index in [2.05, 4.69) is 19.2 Å². The molecule has 1 N–H and O–H groups in total. The molecule has 0 aromatic heterocycles. The normalized spacial score (nSPS) is 25.5. The maximum Gasteiger partial charge on any atom is 0.220 e. The minimum Gasteiger partial charge on any atom is -0.378 e. The fourth-order valence-corrected chi connectivity index (χ4v) is 2.07. The van der Waals surface area contributed by atoms with Gasteiger partial charge in [-0.1, -0.05) is 13.8 Å². The topological polar surface area (TPSA) is 38.3 Å². The first kappa shape index (κ1) is 14.8. The molecule has 0 bridgehead atoms. The minimum atomic E-state index is 0.0245. The number of nitrogens with one attached hydrogen (secondary N) is 1. The van der Waals surface area contributed by atoms with E-state index in [-0.39, 0.29) is 11.3 Å². The molecule has 0 aromatic carbocycles. The fourth-order valence-electron chi connectivity index (χ4n) is 1.99. The first-order valence-electron chi connectivity index (χ1n) is 6.55. The van der Waals surface area contributed by atoms with Crippen molar-refractivity contribution in [2.45, 2.75) is 51.5 Å². The molecule has 0 aliphatic heterocycles. The van der Waals surface area contributed by atoms with Crippen LogP contribution >= 0.6 is 11.6 Å². The monoisotopic (exact) mass is 261 g/mol. The van der Waals surface area contributed by atoms with Crippen LogP contribution in [0.5, 0.6) is 0 Å². The highest BCUT2D eigenvalue weighted by molar-refractivity contribution is 6.21. The molecule has 4 heteroatoms. The predicted molar refractivity (Wildman–Crippen MR) is 70.2 cm³/mol. The van der Waals surface area contributed by atoms with Crippen molar-refractivity contribution in [3.63, 3.8) is 0 Å². The number of halogens is 1. The van der Waals surface area contributed by atoms with Gasteiger partial charge in [0.1, 0.15) is 0 Å². The van der Waals surface area contributed by atoms with Gasteiger partial charge in [0.25, 0.3) is 0 Å². The number of hydrogen-bond acceptors (Lipinski definition) is 2. The molecular formula is C13H24ClNO2. The summed E-state index contributed by atoms with van der Waals surface area (Å²) < 4.78 is 5.47. The van der Waals surface area contributed by atoms with E-state index in [1.54, 1.807) is 0 Å². The van der Waals surface area contributed by atoms with E-state index < -0.39 is 0 Å². The van der Waals surface area contributed by atoms with Crippen molar-refractivity contribution in [2.24, 2.45) is 11.8 Å². The Morgan fingerprint density at radius 2 is 2.12 bits per heavy atom. The van der Waals surface area contributed by atoms with Crippen LogP contribution in [0.25, 0.3) is 0 Å². The number of alkyl halides is 1. The van der Waals surface area contributed by atoms with Crippen molar-refractivity contribution in [3.05, 3.63) is 0 Å². The minimum absolute atomic E-state index is 0.0245. The molecule has 1 atom stereocenters. The van der Waals surface area contributed by atoms with Crippen molar-refractivity contribution >= 4 is 17.5 Å². The molecule has 1 fully saturated rings. The Balaban J connectivity index is 2.07. The Bertz CT molecular complexity index is 240. The van der Waals surface area contributed by atoms with Gasteiger partial charge in [0, 0.05) is 19.6 Å². The number of carbonyl (C=O) groups is 1. The van der Waals surface area contributed by atoms with Gasteiger partial charge in [0.2, 0.25) is 5.91 Å². The second kappa shape index (κ2) is 7.22. The van der Waals surface area contributed by atoms with E-state index in [1.165, 1.54) is 0 Å². The Morgan fingerprint density at radius 1 is 1.47 bits per heavy atom. The molecular weight excluding hydrogens is 238 g/mol. The summed E-state index contributed by atoms with van der Waals surface area (Å²) >= 11 is 6.07. The van der Waals surface area contributed by atoms with Gasteiger partial charge in [0.15, 0.2) is 0 Å². The molecule has 1 saturated carbocycles. The van der Waals surface area contributed by atoms with Gasteiger partial charge in [-0.05, 0) is 31.6 Å². The maximum atomic E-state index is 11.6. The molecule has 17 heavy (non-hydrogen) atoms. The molecule has 0 aromatic rings. The molecule has 0 radical (unpaired) electrons. The molecule has 3 nitrogen and oxygen atoms in total. The number of amides is 1. The van der Waals surface area contributed by atoms with Crippen LogP contribution in [0.4, 0.5) is 0 Å². The Morgan fingerprint density at radius 3 is 2.65 bits per heavy atom. The quantitative estimate of drug-likeness (QED) is 0.716. The van der Waals surface area contributed by atoms with Gasteiger partial charge in [0.05, 0.1) is 11.5 Å². The van der Waals surface area contributed by atoms with Gasteiger partial charge < -0.3 is 10.1 Å². The van der Waals surface area contributed by atoms with Crippen molar-refractivity contribution in [2.75, 3.05) is 13.2 Å². The average Bonchev–Trinajstić information content (AvgIpc) is 2.22. The zero-order chi connectivity index (χ0) is 12.8. The van der Waals surface area contributed by atoms with Gasteiger partial charge in [-0.25, -0.2) is 0 Å². The molecule has 1 aliphatic carbocycles. The molecule has 1 rings (SSSR count). The van der Waals surface area contributed by atoms with Crippen LogP contribution < -0.4 is 5.32 Å². The lowest BCUT2D eigenvalue weighted by molar-refractivity contribution is -0.124. The van der Waals surface area contributed by atoms with Crippen LogP contribution in [-0.4, -0.2) is 30.5 Å². The van der Waals surface area contributed by atoms with E-state index in [4.69, 9.17) is 16.3 Å². The third-order valence-electron chi connectivity index (χ3n) is 3.29. The third kappa shape index (κ3) is 5.26. The number of ether oxygens (including phenoxy) is 1. The second-order valence-corrected chi connectivity index (χ2v) is 5.74. The SMILES string of the molecule is CCOC1CC(CC(=O)NCC(Cl)C(C)C)C1. The average molecular weight is 262 g/mol. The van der Waals surface area contributed by atoms with Crippen molar-refractivity contribution in [3.8, 4) is 0 Å². The van der Waals surface area contributed by atoms with Crippen LogP contribution in [0.2, 0.25) is 0 Å². The summed E-state index contributed by atoms with van der Waals surface area (Å²) in [5, 5.41) is 2.92. The molecule has 1 unspecified atom stereocenters. The zero-order valence-electron chi connectivity index (χ0n) is 11.0. The van der Waals surface area contributed by atoms with E-state index in [0.717, 1.165) is 19.4 Å². The lowest BCUT2D eigenvalue weighted by atomic mass is 9.80. The third-order valence-corrected chi connectivity index (χ3v) is 3.94. The van der Waals surface area contributed by atoms with Gasteiger partial charge in [-0.15, -0.1) is 11.6 Å². The highest BCUT2D eigenvalue weighted by atomic mass is 35.5. The second-order valence-electron chi connectivity index (χ2n) is 5.18. The van der Waals surface area contributed by atoms with Crippen molar-refractivity contribution in [1.82, 2.24) is 5.32 Å². The summed E-state index contributed by atoms with van der Waals surface area (Å²) in [6.45, 7) is 7.46. The fraction of sp³-hybridized carbons (Fsp3) is 0.923. The molecule has 0 spiro atoms. The van der Waals surface area contributed by atoms with Crippen LogP contribution in [0, 0.1) is 11.8 Å². The predicted octanol–water partition coefficient (Wildman–Crippen LogP) is 2.57. The van der Waals surface area contributed by atoms with E-state index in [9.17, 15) is 4.79 Å². The first-order valence-corrected chi connectivity index (χ1v) is 6.98. The van der Waals surface area contributed by atoms with Gasteiger partial charge in [-0.2, -0.15) is 0 Å².